The minimum Gasteiger partial charge on any atom is -0.317 e. The molecule has 1 aromatic heterocycles. The summed E-state index contributed by atoms with van der Waals surface area (Å²) in [7, 11) is 0. The molecule has 1 unspecified atom stereocenters. The monoisotopic (exact) mass is 358 g/mol. The zero-order valence-corrected chi connectivity index (χ0v) is 15.6. The number of quaternary nitrogens is 1. The molecule has 0 aliphatic carbocycles. The normalized spacial score (nSPS) is 23.4. The summed E-state index contributed by atoms with van der Waals surface area (Å²) < 4.78 is 0.223. The number of hydrogen-bond acceptors (Lipinski definition) is 3. The minimum atomic E-state index is 0.0425. The number of carbonyl (C=O) groups is 1. The second kappa shape index (κ2) is 5.98. The molecule has 1 fully saturated rings. The number of pyridine rings is 1. The van der Waals surface area contributed by atoms with E-state index in [-0.39, 0.29) is 15.8 Å². The molecule has 4 nitrogen and oxygen atoms in total. The van der Waals surface area contributed by atoms with E-state index in [9.17, 15) is 4.79 Å². The molecule has 1 amide bonds. The summed E-state index contributed by atoms with van der Waals surface area (Å²) in [6.45, 7) is 4.48. The average molecular weight is 358 g/mol. The van der Waals surface area contributed by atoms with E-state index < -0.39 is 0 Å². The Bertz CT molecular complexity index is 1040. The van der Waals surface area contributed by atoms with Crippen molar-refractivity contribution in [2.75, 3.05) is 19.6 Å². The molecule has 0 saturated carbocycles. The fourth-order valence-electron chi connectivity index (χ4n) is 5.13. The number of amides is 1. The van der Waals surface area contributed by atoms with Crippen molar-refractivity contribution in [3.8, 4) is 0 Å². The maximum absolute atomic E-state index is 13.2. The van der Waals surface area contributed by atoms with Crippen LogP contribution < -0.4 is 9.80 Å². The van der Waals surface area contributed by atoms with Gasteiger partial charge in [0.05, 0.1) is 17.9 Å². The van der Waals surface area contributed by atoms with E-state index in [2.05, 4.69) is 41.7 Å². The van der Waals surface area contributed by atoms with E-state index in [1.165, 1.54) is 5.56 Å². The van der Waals surface area contributed by atoms with E-state index in [0.29, 0.717) is 0 Å². The lowest BCUT2D eigenvalue weighted by Crippen LogP contribution is -2.53. The van der Waals surface area contributed by atoms with E-state index in [1.54, 1.807) is 6.92 Å². The Morgan fingerprint density at radius 3 is 2.56 bits per heavy atom. The number of piperidine rings is 1. The van der Waals surface area contributed by atoms with Gasteiger partial charge in [0.2, 0.25) is 5.82 Å². The van der Waals surface area contributed by atoms with Crippen molar-refractivity contribution in [2.24, 2.45) is 0 Å². The largest absolute Gasteiger partial charge is 0.322 e. The first kappa shape index (κ1) is 16.6. The van der Waals surface area contributed by atoms with Gasteiger partial charge in [0.25, 0.3) is 0 Å². The highest BCUT2D eigenvalue weighted by atomic mass is 16.2. The highest BCUT2D eigenvalue weighted by Gasteiger charge is 2.58. The third kappa shape index (κ3) is 2.30. The molecular formula is C23H24N3O+. The number of nitrogens with one attached hydrogen (secondary N) is 1. The zero-order valence-electron chi connectivity index (χ0n) is 15.6. The van der Waals surface area contributed by atoms with Gasteiger partial charge in [-0.05, 0) is 38.1 Å². The maximum atomic E-state index is 13.2. The average Bonchev–Trinajstić information content (AvgIpc) is 3.00. The van der Waals surface area contributed by atoms with Crippen LogP contribution in [0, 0.1) is 0 Å². The van der Waals surface area contributed by atoms with Crippen LogP contribution in [0.4, 0.5) is 11.5 Å². The molecule has 136 valence electrons. The van der Waals surface area contributed by atoms with Gasteiger partial charge in [-0.2, -0.15) is 9.47 Å². The standard InChI is InChI=1S/C23H24N3O/c1-17(27)26(22-11-10-18-6-2-4-8-20(18)25-22)16-23(12-14-24-15-13-23)19-7-3-5-9-21(19)26/h2-11,24H,12-16H2,1H3/q+1. The van der Waals surface area contributed by atoms with Crippen LogP contribution in [0.1, 0.15) is 25.3 Å². The number of hydrogen-bond donors (Lipinski definition) is 1. The fourth-order valence-corrected chi connectivity index (χ4v) is 5.13. The molecule has 1 spiro atoms. The fraction of sp³-hybridized carbons (Fsp3) is 0.304. The van der Waals surface area contributed by atoms with Crippen LogP contribution in [-0.2, 0) is 10.2 Å². The number of nitrogens with zero attached hydrogens (tertiary/aromatic N) is 2. The Labute approximate surface area is 159 Å². The molecule has 2 aliphatic rings. The number of aromatic nitrogens is 1. The van der Waals surface area contributed by atoms with Crippen molar-refractivity contribution >= 4 is 28.3 Å². The van der Waals surface area contributed by atoms with Gasteiger partial charge in [-0.3, -0.25) is 0 Å². The molecule has 27 heavy (non-hydrogen) atoms. The summed E-state index contributed by atoms with van der Waals surface area (Å²) in [4.78, 5) is 18.2. The summed E-state index contributed by atoms with van der Waals surface area (Å²) >= 11 is 0. The molecule has 1 atom stereocenters. The summed E-state index contributed by atoms with van der Waals surface area (Å²) in [6.07, 6.45) is 2.12. The van der Waals surface area contributed by atoms with Crippen LogP contribution in [0.15, 0.2) is 60.7 Å². The van der Waals surface area contributed by atoms with Gasteiger partial charge in [-0.25, -0.2) is 4.79 Å². The molecule has 2 aliphatic heterocycles. The van der Waals surface area contributed by atoms with Gasteiger partial charge >= 0.3 is 5.91 Å². The summed E-state index contributed by atoms with van der Waals surface area (Å²) in [5, 5.41) is 4.58. The van der Waals surface area contributed by atoms with Crippen LogP contribution in [0.5, 0.6) is 0 Å². The number of fused-ring (bicyclic) bond motifs is 3. The number of para-hydroxylation sites is 2. The first-order valence-electron chi connectivity index (χ1n) is 9.72. The zero-order chi connectivity index (χ0) is 18.5. The molecule has 1 saturated heterocycles. The van der Waals surface area contributed by atoms with Crippen LogP contribution in [-0.4, -0.2) is 30.5 Å². The van der Waals surface area contributed by atoms with Crippen LogP contribution in [0.3, 0.4) is 0 Å². The van der Waals surface area contributed by atoms with Crippen LogP contribution in [0.25, 0.3) is 10.9 Å². The quantitative estimate of drug-likeness (QED) is 0.667. The lowest BCUT2D eigenvalue weighted by molar-refractivity contribution is -0.125. The Kier molecular flexibility index (Phi) is 3.67. The van der Waals surface area contributed by atoms with Gasteiger partial charge < -0.3 is 5.32 Å². The summed E-state index contributed by atoms with van der Waals surface area (Å²) in [5.41, 5.74) is 3.42. The summed E-state index contributed by atoms with van der Waals surface area (Å²) in [5.74, 6) is 0.977. The van der Waals surface area contributed by atoms with Crippen LogP contribution in [0.2, 0.25) is 0 Å². The Morgan fingerprint density at radius 2 is 1.74 bits per heavy atom. The maximum Gasteiger partial charge on any atom is 0.322 e. The Hall–Kier alpha value is -2.56. The first-order chi connectivity index (χ1) is 13.2. The molecule has 3 heterocycles. The highest BCUT2D eigenvalue weighted by molar-refractivity contribution is 5.96. The molecular weight excluding hydrogens is 334 g/mol. The van der Waals surface area contributed by atoms with Gasteiger partial charge in [0.1, 0.15) is 6.54 Å². The van der Waals surface area contributed by atoms with Crippen molar-refractivity contribution in [1.82, 2.24) is 14.8 Å². The van der Waals surface area contributed by atoms with E-state index >= 15 is 0 Å². The molecule has 3 aromatic rings. The first-order valence-corrected chi connectivity index (χ1v) is 9.72. The van der Waals surface area contributed by atoms with E-state index in [4.69, 9.17) is 4.98 Å². The van der Waals surface area contributed by atoms with E-state index in [0.717, 1.165) is 54.9 Å². The van der Waals surface area contributed by atoms with Gasteiger partial charge in [0.15, 0.2) is 5.69 Å². The molecule has 2 aromatic carbocycles. The van der Waals surface area contributed by atoms with Gasteiger partial charge in [-0.15, -0.1) is 0 Å². The van der Waals surface area contributed by atoms with Crippen molar-refractivity contribution in [3.63, 3.8) is 0 Å². The predicted molar refractivity (Wildman–Crippen MR) is 109 cm³/mol. The van der Waals surface area contributed by atoms with Crippen molar-refractivity contribution in [1.29, 1.82) is 0 Å². The second-order valence-corrected chi connectivity index (χ2v) is 7.90. The van der Waals surface area contributed by atoms with E-state index in [1.807, 2.05) is 24.3 Å². The number of rotatable bonds is 1. The third-order valence-electron chi connectivity index (χ3n) is 6.50. The SMILES string of the molecule is CC(=O)[N+]1(c2ccc3ccccc3n2)CC2(CCNCC2)c2ccccc21. The molecule has 0 radical (unpaired) electrons. The van der Waals surface area contributed by atoms with Gasteiger partial charge in [-0.1, -0.05) is 36.4 Å². The second-order valence-electron chi connectivity index (χ2n) is 7.90. The smallest absolute Gasteiger partial charge is 0.317 e. The van der Waals surface area contributed by atoms with Crippen molar-refractivity contribution < 1.29 is 4.79 Å². The third-order valence-corrected chi connectivity index (χ3v) is 6.50. The Balaban J connectivity index is 1.77. The molecule has 5 rings (SSSR count). The molecule has 0 bridgehead atoms. The summed E-state index contributed by atoms with van der Waals surface area (Å²) in [6, 6.07) is 20.8. The number of benzene rings is 2. The van der Waals surface area contributed by atoms with Crippen molar-refractivity contribution in [3.05, 3.63) is 66.2 Å². The lowest BCUT2D eigenvalue weighted by atomic mass is 9.75. The van der Waals surface area contributed by atoms with Crippen molar-refractivity contribution in [2.45, 2.75) is 25.2 Å². The minimum absolute atomic E-state index is 0.0425. The predicted octanol–water partition coefficient (Wildman–Crippen LogP) is 4.06. The van der Waals surface area contributed by atoms with Crippen LogP contribution >= 0.6 is 0 Å². The lowest BCUT2D eigenvalue weighted by Gasteiger charge is -2.35. The topological polar surface area (TPSA) is 42.0 Å². The molecule has 1 N–H and O–H groups in total. The number of carbonyl (C=O) groups excluding carboxylic acids is 1. The Morgan fingerprint density at radius 1 is 1.00 bits per heavy atom. The molecule has 4 heteroatoms. The highest BCUT2D eigenvalue weighted by Crippen LogP contribution is 2.53. The van der Waals surface area contributed by atoms with Gasteiger partial charge in [0, 0.05) is 23.1 Å².